The number of carbonyl (C=O) groups excluding carboxylic acids is 1. The second-order valence-electron chi connectivity index (χ2n) is 7.03. The van der Waals surface area contributed by atoms with Gasteiger partial charge in [-0.05, 0) is 48.4 Å². The third kappa shape index (κ3) is 4.30. The van der Waals surface area contributed by atoms with Crippen molar-refractivity contribution in [2.75, 3.05) is 24.8 Å². The number of ether oxygens (including phenoxy) is 2. The van der Waals surface area contributed by atoms with Crippen molar-refractivity contribution >= 4 is 22.9 Å². The van der Waals surface area contributed by atoms with E-state index in [2.05, 4.69) is 17.2 Å². The average Bonchev–Trinajstić information content (AvgIpc) is 3.23. The first-order chi connectivity index (χ1) is 15.1. The van der Waals surface area contributed by atoms with Gasteiger partial charge < -0.3 is 24.9 Å². The molecule has 2 heterocycles. The van der Waals surface area contributed by atoms with E-state index in [-0.39, 0.29) is 12.5 Å². The molecule has 158 valence electrons. The lowest BCUT2D eigenvalue weighted by Crippen LogP contribution is -2.21. The zero-order chi connectivity index (χ0) is 21.8. The standard InChI is InChI=1S/C24H24N4O3/c1-3-16-7-4-5-8-19(16)26-23(29)15-31-22-9-6-12-28-14-20(27-24(22)28)17-10-11-21(30-2)18(25)13-17/h4-14H,3,15,25H2,1-2H3,(H,26,29). The number of aromatic nitrogens is 2. The number of nitrogens with one attached hydrogen (secondary N) is 1. The second-order valence-corrected chi connectivity index (χ2v) is 7.03. The molecule has 4 aromatic rings. The van der Waals surface area contributed by atoms with Crippen LogP contribution in [0.25, 0.3) is 16.9 Å². The fraction of sp³-hybridized carbons (Fsp3) is 0.167. The zero-order valence-electron chi connectivity index (χ0n) is 17.5. The first kappa shape index (κ1) is 20.3. The third-order valence-corrected chi connectivity index (χ3v) is 5.00. The summed E-state index contributed by atoms with van der Waals surface area (Å²) in [7, 11) is 1.58. The molecule has 0 bridgehead atoms. The number of fused-ring (bicyclic) bond motifs is 1. The molecule has 1 amide bonds. The molecule has 0 fully saturated rings. The predicted molar refractivity (Wildman–Crippen MR) is 122 cm³/mol. The molecule has 0 aliphatic rings. The van der Waals surface area contributed by atoms with Gasteiger partial charge in [-0.2, -0.15) is 0 Å². The minimum absolute atomic E-state index is 0.116. The van der Waals surface area contributed by atoms with E-state index in [1.807, 2.05) is 65.3 Å². The Balaban J connectivity index is 1.52. The Morgan fingerprint density at radius 3 is 2.74 bits per heavy atom. The van der Waals surface area contributed by atoms with Gasteiger partial charge in [-0.15, -0.1) is 0 Å². The van der Waals surface area contributed by atoms with Crippen LogP contribution in [0.4, 0.5) is 11.4 Å². The van der Waals surface area contributed by atoms with Crippen LogP contribution in [-0.4, -0.2) is 29.0 Å². The van der Waals surface area contributed by atoms with Gasteiger partial charge >= 0.3 is 0 Å². The molecule has 0 radical (unpaired) electrons. The van der Waals surface area contributed by atoms with E-state index in [0.717, 1.165) is 28.9 Å². The molecule has 7 nitrogen and oxygen atoms in total. The van der Waals surface area contributed by atoms with Gasteiger partial charge in [0.2, 0.25) is 0 Å². The van der Waals surface area contributed by atoms with Crippen LogP contribution in [0, 0.1) is 0 Å². The molecule has 4 rings (SSSR count). The highest BCUT2D eigenvalue weighted by Gasteiger charge is 2.12. The van der Waals surface area contributed by atoms with Crippen LogP contribution >= 0.6 is 0 Å². The number of rotatable bonds is 7. The van der Waals surface area contributed by atoms with Crippen molar-refractivity contribution in [2.45, 2.75) is 13.3 Å². The number of benzene rings is 2. The van der Waals surface area contributed by atoms with Crippen molar-refractivity contribution in [3.8, 4) is 22.8 Å². The molecule has 0 unspecified atom stereocenters. The minimum Gasteiger partial charge on any atom is -0.495 e. The number of carbonyl (C=O) groups is 1. The van der Waals surface area contributed by atoms with E-state index in [1.54, 1.807) is 13.2 Å². The summed E-state index contributed by atoms with van der Waals surface area (Å²) in [5.41, 5.74) is 10.7. The van der Waals surface area contributed by atoms with Gasteiger partial charge in [0.15, 0.2) is 18.0 Å². The molecular weight excluding hydrogens is 392 g/mol. The number of hydrogen-bond donors (Lipinski definition) is 2. The maximum Gasteiger partial charge on any atom is 0.262 e. The number of imidazole rings is 1. The van der Waals surface area contributed by atoms with Gasteiger partial charge in [-0.3, -0.25) is 4.79 Å². The van der Waals surface area contributed by atoms with Crippen LogP contribution < -0.4 is 20.5 Å². The number of pyridine rings is 1. The Kier molecular flexibility index (Phi) is 5.75. The average molecular weight is 416 g/mol. The Morgan fingerprint density at radius 1 is 1.13 bits per heavy atom. The lowest BCUT2D eigenvalue weighted by atomic mass is 10.1. The molecule has 7 heteroatoms. The van der Waals surface area contributed by atoms with Gasteiger partial charge in [-0.25, -0.2) is 4.98 Å². The summed E-state index contributed by atoms with van der Waals surface area (Å²) in [6, 6.07) is 16.9. The molecule has 0 aliphatic carbocycles. The first-order valence-electron chi connectivity index (χ1n) is 10.0. The monoisotopic (exact) mass is 416 g/mol. The summed E-state index contributed by atoms with van der Waals surface area (Å²) in [5, 5.41) is 2.91. The highest BCUT2D eigenvalue weighted by atomic mass is 16.5. The predicted octanol–water partition coefficient (Wildman–Crippen LogP) is 4.17. The van der Waals surface area contributed by atoms with E-state index in [4.69, 9.17) is 15.2 Å². The van der Waals surface area contributed by atoms with E-state index in [1.165, 1.54) is 0 Å². The maximum atomic E-state index is 12.4. The summed E-state index contributed by atoms with van der Waals surface area (Å²) in [6.45, 7) is 1.93. The fourth-order valence-corrected chi connectivity index (χ4v) is 3.41. The maximum absolute atomic E-state index is 12.4. The van der Waals surface area contributed by atoms with Crippen molar-refractivity contribution in [2.24, 2.45) is 0 Å². The molecule has 0 spiro atoms. The van der Waals surface area contributed by atoms with Crippen LogP contribution in [0.15, 0.2) is 67.0 Å². The molecule has 2 aromatic carbocycles. The largest absolute Gasteiger partial charge is 0.495 e. The highest BCUT2D eigenvalue weighted by Crippen LogP contribution is 2.29. The number of hydrogen-bond acceptors (Lipinski definition) is 5. The summed E-state index contributed by atoms with van der Waals surface area (Å²) < 4.78 is 12.9. The van der Waals surface area contributed by atoms with E-state index in [9.17, 15) is 4.79 Å². The third-order valence-electron chi connectivity index (χ3n) is 5.00. The number of aryl methyl sites for hydroxylation is 1. The zero-order valence-corrected chi connectivity index (χ0v) is 17.5. The number of nitrogen functional groups attached to an aromatic ring is 1. The first-order valence-corrected chi connectivity index (χ1v) is 10.0. The Morgan fingerprint density at radius 2 is 1.97 bits per heavy atom. The molecule has 0 saturated heterocycles. The van der Waals surface area contributed by atoms with Crippen LogP contribution in [0.5, 0.6) is 11.5 Å². The SMILES string of the molecule is CCc1ccccc1NC(=O)COc1cccn2cc(-c3ccc(OC)c(N)c3)nc12. The van der Waals surface area contributed by atoms with Gasteiger partial charge in [0.05, 0.1) is 18.5 Å². The Labute approximate surface area is 180 Å². The van der Waals surface area contributed by atoms with Gasteiger partial charge in [0.1, 0.15) is 5.75 Å². The molecule has 0 aliphatic heterocycles. The Bertz CT molecular complexity index is 1230. The van der Waals surface area contributed by atoms with Crippen LogP contribution in [0.2, 0.25) is 0 Å². The fourth-order valence-electron chi connectivity index (χ4n) is 3.41. The summed E-state index contributed by atoms with van der Waals surface area (Å²) in [6.07, 6.45) is 4.60. The van der Waals surface area contributed by atoms with Gasteiger partial charge in [0, 0.05) is 23.6 Å². The Hall–Kier alpha value is -4.00. The van der Waals surface area contributed by atoms with E-state index in [0.29, 0.717) is 22.8 Å². The van der Waals surface area contributed by atoms with Crippen LogP contribution in [0.3, 0.4) is 0 Å². The van der Waals surface area contributed by atoms with E-state index < -0.39 is 0 Å². The number of para-hydroxylation sites is 1. The lowest BCUT2D eigenvalue weighted by molar-refractivity contribution is -0.118. The molecule has 0 atom stereocenters. The topological polar surface area (TPSA) is 90.9 Å². The van der Waals surface area contributed by atoms with Gasteiger partial charge in [0.25, 0.3) is 5.91 Å². The second kappa shape index (κ2) is 8.79. The molecule has 3 N–H and O–H groups in total. The van der Waals surface area contributed by atoms with Crippen molar-refractivity contribution in [1.82, 2.24) is 9.38 Å². The van der Waals surface area contributed by atoms with Crippen molar-refractivity contribution in [1.29, 1.82) is 0 Å². The molecular formula is C24H24N4O3. The van der Waals surface area contributed by atoms with Crippen LogP contribution in [-0.2, 0) is 11.2 Å². The van der Waals surface area contributed by atoms with Gasteiger partial charge in [-0.1, -0.05) is 25.1 Å². The van der Waals surface area contributed by atoms with Crippen LogP contribution in [0.1, 0.15) is 12.5 Å². The summed E-state index contributed by atoms with van der Waals surface area (Å²) in [5.74, 6) is 0.916. The normalized spacial score (nSPS) is 10.8. The number of nitrogens with two attached hydrogens (primary N) is 1. The smallest absolute Gasteiger partial charge is 0.262 e. The van der Waals surface area contributed by atoms with E-state index >= 15 is 0 Å². The highest BCUT2D eigenvalue weighted by molar-refractivity contribution is 5.92. The molecule has 2 aromatic heterocycles. The number of amides is 1. The van der Waals surface area contributed by atoms with Crippen molar-refractivity contribution in [3.05, 3.63) is 72.6 Å². The van der Waals surface area contributed by atoms with Crippen molar-refractivity contribution in [3.63, 3.8) is 0 Å². The van der Waals surface area contributed by atoms with Crippen molar-refractivity contribution < 1.29 is 14.3 Å². The molecule has 31 heavy (non-hydrogen) atoms. The summed E-state index contributed by atoms with van der Waals surface area (Å²) in [4.78, 5) is 17.1. The quantitative estimate of drug-likeness (QED) is 0.441. The lowest BCUT2D eigenvalue weighted by Gasteiger charge is -2.11. The minimum atomic E-state index is -0.224. The molecule has 0 saturated carbocycles. The number of methoxy groups -OCH3 is 1. The number of anilines is 2. The summed E-state index contributed by atoms with van der Waals surface area (Å²) >= 11 is 0. The number of nitrogens with zero attached hydrogens (tertiary/aromatic N) is 2.